The molecule has 156 valence electrons. The van der Waals surface area contributed by atoms with Crippen LogP contribution in [0.25, 0.3) is 0 Å². The third-order valence-electron chi connectivity index (χ3n) is 5.01. The molecule has 0 unspecified atom stereocenters. The van der Waals surface area contributed by atoms with E-state index in [0.29, 0.717) is 5.92 Å². The minimum absolute atomic E-state index is 0.143. The Kier molecular flexibility index (Phi) is 5.92. The van der Waals surface area contributed by atoms with Gasteiger partial charge in [0, 0.05) is 45.3 Å². The second-order valence-corrected chi connectivity index (χ2v) is 7.17. The summed E-state index contributed by atoms with van der Waals surface area (Å²) in [5.74, 6) is -1.92. The fourth-order valence-corrected chi connectivity index (χ4v) is 3.70. The molecule has 1 aromatic heterocycles. The van der Waals surface area contributed by atoms with Gasteiger partial charge in [-0.15, -0.1) is 0 Å². The van der Waals surface area contributed by atoms with Gasteiger partial charge in [-0.3, -0.25) is 14.4 Å². The number of aryl methyl sites for hydroxylation is 1. The van der Waals surface area contributed by atoms with E-state index in [1.165, 1.54) is 5.56 Å². The SMILES string of the molecule is Cn1cc(N2C[C@@H]3CN(Cc4ccccc4)C[C@@H]3C2=O)cn1.O=C(O)C(F)(F)F. The first kappa shape index (κ1) is 20.8. The second-order valence-electron chi connectivity index (χ2n) is 7.17. The molecule has 4 rings (SSSR count). The number of hydrogen-bond donors (Lipinski definition) is 1. The van der Waals surface area contributed by atoms with E-state index in [-0.39, 0.29) is 11.8 Å². The molecule has 1 amide bonds. The number of carbonyl (C=O) groups excluding carboxylic acids is 1. The molecule has 2 atom stereocenters. The van der Waals surface area contributed by atoms with E-state index in [1.807, 2.05) is 24.2 Å². The number of likely N-dealkylation sites (tertiary alicyclic amines) is 1. The average Bonchev–Trinajstić information content (AvgIpc) is 3.32. The summed E-state index contributed by atoms with van der Waals surface area (Å²) < 4.78 is 33.5. The topological polar surface area (TPSA) is 78.7 Å². The normalized spacial score (nSPS) is 21.7. The van der Waals surface area contributed by atoms with Crippen LogP contribution in [0.4, 0.5) is 18.9 Å². The van der Waals surface area contributed by atoms with Crippen LogP contribution in [-0.4, -0.2) is 57.5 Å². The average molecular weight is 410 g/mol. The van der Waals surface area contributed by atoms with Gasteiger partial charge in [-0.25, -0.2) is 4.79 Å². The molecule has 0 bridgehead atoms. The van der Waals surface area contributed by atoms with Crippen molar-refractivity contribution in [1.29, 1.82) is 0 Å². The molecular formula is C19H21F3N4O3. The Morgan fingerprint density at radius 1 is 1.21 bits per heavy atom. The number of carboxylic acid groups (broad SMARTS) is 1. The lowest BCUT2D eigenvalue weighted by Gasteiger charge is -2.20. The van der Waals surface area contributed by atoms with Crippen molar-refractivity contribution >= 4 is 17.6 Å². The summed E-state index contributed by atoms with van der Waals surface area (Å²) in [6, 6.07) is 10.5. The number of carboxylic acids is 1. The quantitative estimate of drug-likeness (QED) is 0.839. The maximum Gasteiger partial charge on any atom is 0.490 e. The number of halogens is 3. The Balaban J connectivity index is 0.000000298. The van der Waals surface area contributed by atoms with E-state index in [9.17, 15) is 18.0 Å². The van der Waals surface area contributed by atoms with Crippen LogP contribution in [-0.2, 0) is 23.2 Å². The fourth-order valence-electron chi connectivity index (χ4n) is 3.70. The molecule has 7 nitrogen and oxygen atoms in total. The van der Waals surface area contributed by atoms with Crippen LogP contribution in [0.2, 0.25) is 0 Å². The van der Waals surface area contributed by atoms with Gasteiger partial charge in [0.05, 0.1) is 17.8 Å². The lowest BCUT2D eigenvalue weighted by Crippen LogP contribution is -2.32. The Morgan fingerprint density at radius 3 is 2.38 bits per heavy atom. The summed E-state index contributed by atoms with van der Waals surface area (Å²) >= 11 is 0. The van der Waals surface area contributed by atoms with E-state index in [1.54, 1.807) is 10.9 Å². The number of carbonyl (C=O) groups is 2. The first-order valence-electron chi connectivity index (χ1n) is 9.01. The smallest absolute Gasteiger partial charge is 0.475 e. The molecule has 0 saturated carbocycles. The summed E-state index contributed by atoms with van der Waals surface area (Å²) in [6.07, 6.45) is -1.39. The predicted molar refractivity (Wildman–Crippen MR) is 98.0 cm³/mol. The molecule has 2 aliphatic rings. The highest BCUT2D eigenvalue weighted by Crippen LogP contribution is 2.35. The van der Waals surface area contributed by atoms with E-state index in [4.69, 9.17) is 9.90 Å². The predicted octanol–water partition coefficient (Wildman–Crippen LogP) is 2.15. The highest BCUT2D eigenvalue weighted by atomic mass is 19.4. The maximum atomic E-state index is 12.7. The van der Waals surface area contributed by atoms with Crippen LogP contribution in [0.5, 0.6) is 0 Å². The highest BCUT2D eigenvalue weighted by Gasteiger charge is 2.46. The van der Waals surface area contributed by atoms with E-state index in [0.717, 1.165) is 31.9 Å². The molecule has 0 radical (unpaired) electrons. The number of benzene rings is 1. The zero-order chi connectivity index (χ0) is 21.2. The van der Waals surface area contributed by atoms with Crippen LogP contribution in [0, 0.1) is 11.8 Å². The highest BCUT2D eigenvalue weighted by molar-refractivity contribution is 5.97. The molecule has 2 aromatic rings. The monoisotopic (exact) mass is 410 g/mol. The molecule has 3 heterocycles. The molecule has 0 aliphatic carbocycles. The maximum absolute atomic E-state index is 12.7. The molecule has 10 heteroatoms. The van der Waals surface area contributed by atoms with Crippen LogP contribution < -0.4 is 4.90 Å². The second kappa shape index (κ2) is 8.24. The third kappa shape index (κ3) is 4.94. The lowest BCUT2D eigenvalue weighted by molar-refractivity contribution is -0.192. The number of anilines is 1. The van der Waals surface area contributed by atoms with Gasteiger partial charge in [0.2, 0.25) is 5.91 Å². The van der Waals surface area contributed by atoms with Gasteiger partial charge in [0.1, 0.15) is 0 Å². The third-order valence-corrected chi connectivity index (χ3v) is 5.01. The number of aliphatic carboxylic acids is 1. The first-order chi connectivity index (χ1) is 13.6. The number of amides is 1. The van der Waals surface area contributed by atoms with Gasteiger partial charge in [-0.2, -0.15) is 18.3 Å². The Morgan fingerprint density at radius 2 is 1.86 bits per heavy atom. The van der Waals surface area contributed by atoms with Crippen molar-refractivity contribution in [3.8, 4) is 0 Å². The van der Waals surface area contributed by atoms with Crippen molar-refractivity contribution in [2.24, 2.45) is 18.9 Å². The Bertz CT molecular complexity index is 869. The number of fused-ring (bicyclic) bond motifs is 1. The summed E-state index contributed by atoms with van der Waals surface area (Å²) in [5.41, 5.74) is 2.25. The zero-order valence-corrected chi connectivity index (χ0v) is 15.7. The standard InChI is InChI=1S/C17H20N4O.C2HF3O2/c1-19-11-15(7-18-19)21-10-14-9-20(12-16(14)17(21)22)8-13-5-3-2-4-6-13;3-2(4,5)1(6)7/h2-7,11,14,16H,8-10,12H2,1H3;(H,6,7)/t14-,16-;/m0./s1. The number of rotatable bonds is 3. The van der Waals surface area contributed by atoms with Crippen molar-refractivity contribution in [3.05, 3.63) is 48.3 Å². The lowest BCUT2D eigenvalue weighted by atomic mass is 10.0. The Hall–Kier alpha value is -2.88. The summed E-state index contributed by atoms with van der Waals surface area (Å²) in [7, 11) is 1.88. The largest absolute Gasteiger partial charge is 0.490 e. The minimum Gasteiger partial charge on any atom is -0.475 e. The van der Waals surface area contributed by atoms with Gasteiger partial charge in [-0.05, 0) is 5.56 Å². The van der Waals surface area contributed by atoms with E-state index >= 15 is 0 Å². The molecule has 29 heavy (non-hydrogen) atoms. The van der Waals surface area contributed by atoms with Crippen LogP contribution in [0.3, 0.4) is 0 Å². The number of alkyl halides is 3. The van der Waals surface area contributed by atoms with Gasteiger partial charge in [0.15, 0.2) is 0 Å². The molecule has 1 N–H and O–H groups in total. The van der Waals surface area contributed by atoms with Gasteiger partial charge in [0.25, 0.3) is 0 Å². The van der Waals surface area contributed by atoms with Crippen LogP contribution >= 0.6 is 0 Å². The molecule has 2 aliphatic heterocycles. The summed E-state index contributed by atoms with van der Waals surface area (Å²) in [5, 5.41) is 11.3. The zero-order valence-electron chi connectivity index (χ0n) is 15.7. The molecule has 2 fully saturated rings. The van der Waals surface area contributed by atoms with E-state index in [2.05, 4.69) is 34.3 Å². The Labute approximate surface area is 165 Å². The minimum atomic E-state index is -5.08. The van der Waals surface area contributed by atoms with Crippen LogP contribution in [0.15, 0.2) is 42.7 Å². The van der Waals surface area contributed by atoms with Crippen LogP contribution in [0.1, 0.15) is 5.56 Å². The van der Waals surface area contributed by atoms with Crippen molar-refractivity contribution in [3.63, 3.8) is 0 Å². The molecule has 0 spiro atoms. The van der Waals surface area contributed by atoms with Gasteiger partial charge in [-0.1, -0.05) is 30.3 Å². The van der Waals surface area contributed by atoms with E-state index < -0.39 is 12.1 Å². The van der Waals surface area contributed by atoms with Crippen molar-refractivity contribution in [2.75, 3.05) is 24.5 Å². The number of hydrogen-bond acceptors (Lipinski definition) is 4. The fraction of sp³-hybridized carbons (Fsp3) is 0.421. The summed E-state index contributed by atoms with van der Waals surface area (Å²) in [4.78, 5) is 25.9. The first-order valence-corrected chi connectivity index (χ1v) is 9.01. The molecule has 2 saturated heterocycles. The summed E-state index contributed by atoms with van der Waals surface area (Å²) in [6.45, 7) is 3.63. The van der Waals surface area contributed by atoms with Gasteiger partial charge < -0.3 is 10.0 Å². The van der Waals surface area contributed by atoms with Crippen molar-refractivity contribution < 1.29 is 27.9 Å². The molecule has 1 aromatic carbocycles. The molecular weight excluding hydrogens is 389 g/mol. The van der Waals surface area contributed by atoms with Gasteiger partial charge >= 0.3 is 12.1 Å². The number of aromatic nitrogens is 2. The van der Waals surface area contributed by atoms with Crippen molar-refractivity contribution in [1.82, 2.24) is 14.7 Å². The number of nitrogens with zero attached hydrogens (tertiary/aromatic N) is 4. The van der Waals surface area contributed by atoms with Crippen molar-refractivity contribution in [2.45, 2.75) is 12.7 Å².